The molecule has 1 aromatic rings. The van der Waals surface area contributed by atoms with Crippen LogP contribution in [0.5, 0.6) is 0 Å². The molecule has 0 spiro atoms. The maximum atomic E-state index is 8.82. The average Bonchev–Trinajstić information content (AvgIpc) is 2.37. The Balaban J connectivity index is 2.98. The van der Waals surface area contributed by atoms with Crippen LogP contribution in [0.3, 0.4) is 0 Å². The largest absolute Gasteiger partial charge is 0.409 e. The molecule has 0 radical (unpaired) electrons. The third-order valence-electron chi connectivity index (χ3n) is 2.78. The minimum Gasteiger partial charge on any atom is -0.409 e. The molecule has 5 nitrogen and oxygen atoms in total. The quantitative estimate of drug-likeness (QED) is 0.265. The van der Waals surface area contributed by atoms with Crippen LogP contribution in [0, 0.1) is 6.92 Å². The molecule has 18 heavy (non-hydrogen) atoms. The Morgan fingerprint density at radius 3 is 2.83 bits per heavy atom. The van der Waals surface area contributed by atoms with Crippen molar-refractivity contribution in [3.63, 3.8) is 0 Å². The molecule has 0 saturated carbocycles. The molecule has 0 atom stereocenters. The summed E-state index contributed by atoms with van der Waals surface area (Å²) in [6, 6.07) is 5.73. The van der Waals surface area contributed by atoms with Gasteiger partial charge in [-0.05, 0) is 25.5 Å². The molecule has 3 N–H and O–H groups in total. The van der Waals surface area contributed by atoms with Crippen molar-refractivity contribution in [2.24, 2.45) is 10.9 Å². The van der Waals surface area contributed by atoms with E-state index in [-0.39, 0.29) is 5.84 Å². The number of oxime groups is 1. The zero-order valence-electron chi connectivity index (χ0n) is 11.2. The van der Waals surface area contributed by atoms with E-state index in [0.29, 0.717) is 13.2 Å². The average molecular weight is 251 g/mol. The smallest absolute Gasteiger partial charge is 0.172 e. The van der Waals surface area contributed by atoms with Crippen LogP contribution < -0.4 is 10.6 Å². The van der Waals surface area contributed by atoms with Crippen LogP contribution >= 0.6 is 0 Å². The molecule has 0 aliphatic rings. The first kappa shape index (κ1) is 14.3. The maximum Gasteiger partial charge on any atom is 0.172 e. The van der Waals surface area contributed by atoms with Gasteiger partial charge in [0.15, 0.2) is 5.84 Å². The van der Waals surface area contributed by atoms with Crippen molar-refractivity contribution in [2.45, 2.75) is 13.8 Å². The molecule has 0 unspecified atom stereocenters. The third kappa shape index (κ3) is 3.37. The second kappa shape index (κ2) is 6.86. The molecule has 0 saturated heterocycles. The number of aryl methyl sites for hydroxylation is 1. The minimum absolute atomic E-state index is 0.122. The predicted molar refractivity (Wildman–Crippen MR) is 73.5 cm³/mol. The van der Waals surface area contributed by atoms with E-state index < -0.39 is 0 Å². The Bertz CT molecular complexity index is 419. The molecular weight excluding hydrogens is 230 g/mol. The van der Waals surface area contributed by atoms with Crippen LogP contribution in [0.2, 0.25) is 0 Å². The van der Waals surface area contributed by atoms with Gasteiger partial charge < -0.3 is 20.6 Å². The summed E-state index contributed by atoms with van der Waals surface area (Å²) in [5.74, 6) is 0.122. The van der Waals surface area contributed by atoms with Crippen molar-refractivity contribution in [1.29, 1.82) is 0 Å². The summed E-state index contributed by atoms with van der Waals surface area (Å²) in [6.07, 6.45) is 0. The number of amidine groups is 1. The van der Waals surface area contributed by atoms with Gasteiger partial charge >= 0.3 is 0 Å². The Labute approximate surface area is 108 Å². The number of ether oxygens (including phenoxy) is 1. The van der Waals surface area contributed by atoms with Crippen molar-refractivity contribution in [2.75, 3.05) is 31.7 Å². The first-order chi connectivity index (χ1) is 8.61. The number of nitrogens with zero attached hydrogens (tertiary/aromatic N) is 2. The van der Waals surface area contributed by atoms with Gasteiger partial charge in [-0.3, -0.25) is 0 Å². The highest BCUT2D eigenvalue weighted by atomic mass is 16.5. The van der Waals surface area contributed by atoms with E-state index >= 15 is 0 Å². The van der Waals surface area contributed by atoms with Gasteiger partial charge in [-0.1, -0.05) is 17.3 Å². The lowest BCUT2D eigenvalue weighted by Crippen LogP contribution is -2.27. The van der Waals surface area contributed by atoms with Gasteiger partial charge in [0.1, 0.15) is 0 Å². The highest BCUT2D eigenvalue weighted by molar-refractivity contribution is 6.02. The number of anilines is 1. The first-order valence-electron chi connectivity index (χ1n) is 5.98. The van der Waals surface area contributed by atoms with Gasteiger partial charge in [0.2, 0.25) is 0 Å². The molecule has 0 heterocycles. The summed E-state index contributed by atoms with van der Waals surface area (Å²) in [6.45, 7) is 6.08. The fourth-order valence-electron chi connectivity index (χ4n) is 1.88. The van der Waals surface area contributed by atoms with Gasteiger partial charge in [-0.25, -0.2) is 0 Å². The van der Waals surface area contributed by atoms with Crippen molar-refractivity contribution < 1.29 is 9.94 Å². The van der Waals surface area contributed by atoms with Crippen LogP contribution in [0.1, 0.15) is 18.1 Å². The van der Waals surface area contributed by atoms with Gasteiger partial charge in [0.25, 0.3) is 0 Å². The second-order valence-electron chi connectivity index (χ2n) is 4.07. The molecule has 1 rings (SSSR count). The topological polar surface area (TPSA) is 71.1 Å². The number of para-hydroxylation sites is 1. The standard InChI is InChI=1S/C13H21N3O2/c1-4-18-9-8-16(3)12-10(2)6-5-7-11(12)13(14)15-17/h5-7,17H,4,8-9H2,1-3H3,(H2,14,15). The van der Waals surface area contributed by atoms with E-state index in [9.17, 15) is 0 Å². The lowest BCUT2D eigenvalue weighted by molar-refractivity contribution is 0.154. The molecular formula is C13H21N3O2. The normalized spacial score (nSPS) is 11.6. The monoisotopic (exact) mass is 251 g/mol. The lowest BCUT2D eigenvalue weighted by atomic mass is 10.1. The molecule has 0 aliphatic heterocycles. The van der Waals surface area contributed by atoms with Crippen molar-refractivity contribution in [3.8, 4) is 0 Å². The van der Waals surface area contributed by atoms with Crippen LogP contribution in [0.25, 0.3) is 0 Å². The Kier molecular flexibility index (Phi) is 5.45. The van der Waals surface area contributed by atoms with Gasteiger partial charge in [-0.15, -0.1) is 0 Å². The van der Waals surface area contributed by atoms with E-state index in [1.807, 2.05) is 39.1 Å². The summed E-state index contributed by atoms with van der Waals surface area (Å²) in [5, 5.41) is 11.9. The number of nitrogens with two attached hydrogens (primary N) is 1. The fourth-order valence-corrected chi connectivity index (χ4v) is 1.88. The molecule has 5 heteroatoms. The molecule has 0 amide bonds. The maximum absolute atomic E-state index is 8.82. The second-order valence-corrected chi connectivity index (χ2v) is 4.07. The molecule has 0 aromatic heterocycles. The summed E-state index contributed by atoms with van der Waals surface area (Å²) in [5.41, 5.74) is 8.48. The molecule has 100 valence electrons. The van der Waals surface area contributed by atoms with E-state index in [0.717, 1.165) is 23.4 Å². The number of hydrogen-bond acceptors (Lipinski definition) is 4. The Hall–Kier alpha value is -1.75. The molecule has 0 aliphatic carbocycles. The Morgan fingerprint density at radius 2 is 2.22 bits per heavy atom. The number of likely N-dealkylation sites (N-methyl/N-ethyl adjacent to an activating group) is 1. The van der Waals surface area contributed by atoms with E-state index in [1.54, 1.807) is 0 Å². The molecule has 0 fully saturated rings. The summed E-state index contributed by atoms with van der Waals surface area (Å²) < 4.78 is 5.34. The Morgan fingerprint density at radius 1 is 1.50 bits per heavy atom. The van der Waals surface area contributed by atoms with Crippen molar-refractivity contribution in [1.82, 2.24) is 0 Å². The summed E-state index contributed by atoms with van der Waals surface area (Å²) in [7, 11) is 1.97. The highest BCUT2D eigenvalue weighted by Gasteiger charge is 2.13. The molecule has 0 bridgehead atoms. The fraction of sp³-hybridized carbons (Fsp3) is 0.462. The summed E-state index contributed by atoms with van der Waals surface area (Å²) in [4.78, 5) is 2.05. The van der Waals surface area contributed by atoms with E-state index in [1.165, 1.54) is 0 Å². The van der Waals surface area contributed by atoms with Crippen molar-refractivity contribution in [3.05, 3.63) is 29.3 Å². The van der Waals surface area contributed by atoms with Crippen LogP contribution in [0.4, 0.5) is 5.69 Å². The third-order valence-corrected chi connectivity index (χ3v) is 2.78. The van der Waals surface area contributed by atoms with E-state index in [4.69, 9.17) is 15.7 Å². The SMILES string of the molecule is CCOCCN(C)c1c(C)cccc1/C(N)=N/O. The van der Waals surface area contributed by atoms with Gasteiger partial charge in [-0.2, -0.15) is 0 Å². The summed E-state index contributed by atoms with van der Waals surface area (Å²) >= 11 is 0. The van der Waals surface area contributed by atoms with E-state index in [2.05, 4.69) is 10.1 Å². The van der Waals surface area contributed by atoms with Gasteiger partial charge in [0, 0.05) is 25.8 Å². The zero-order chi connectivity index (χ0) is 13.5. The van der Waals surface area contributed by atoms with Crippen LogP contribution in [-0.2, 0) is 4.74 Å². The first-order valence-corrected chi connectivity index (χ1v) is 5.98. The predicted octanol–water partition coefficient (Wildman–Crippen LogP) is 1.56. The minimum atomic E-state index is 0.122. The zero-order valence-corrected chi connectivity index (χ0v) is 11.2. The molecule has 1 aromatic carbocycles. The van der Waals surface area contributed by atoms with Crippen molar-refractivity contribution >= 4 is 11.5 Å². The number of rotatable bonds is 6. The lowest BCUT2D eigenvalue weighted by Gasteiger charge is -2.24. The highest BCUT2D eigenvalue weighted by Crippen LogP contribution is 2.23. The van der Waals surface area contributed by atoms with Crippen LogP contribution in [-0.4, -0.2) is 37.8 Å². The number of benzene rings is 1. The van der Waals surface area contributed by atoms with Crippen LogP contribution in [0.15, 0.2) is 23.4 Å². The number of hydrogen-bond donors (Lipinski definition) is 2. The van der Waals surface area contributed by atoms with Gasteiger partial charge in [0.05, 0.1) is 12.3 Å².